The van der Waals surface area contributed by atoms with Crippen molar-refractivity contribution in [3.05, 3.63) is 95.4 Å². The second-order valence-electron chi connectivity index (χ2n) is 8.72. The summed E-state index contributed by atoms with van der Waals surface area (Å²) in [5.41, 5.74) is 6.16. The fourth-order valence-corrected chi connectivity index (χ4v) is 4.83. The molecule has 36 heavy (non-hydrogen) atoms. The first-order chi connectivity index (χ1) is 17.6. The van der Waals surface area contributed by atoms with Gasteiger partial charge in [0.05, 0.1) is 29.6 Å². The number of ether oxygens (including phenoxy) is 1. The maximum absolute atomic E-state index is 13.4. The second-order valence-corrected chi connectivity index (χ2v) is 9.58. The van der Waals surface area contributed by atoms with Gasteiger partial charge >= 0.3 is 0 Å². The molecule has 2 aromatic heterocycles. The molecule has 0 fully saturated rings. The molecular weight excluding hydrogens is 466 g/mol. The van der Waals surface area contributed by atoms with E-state index >= 15 is 0 Å². The summed E-state index contributed by atoms with van der Waals surface area (Å²) in [6, 6.07) is 25.7. The number of anilines is 1. The van der Waals surface area contributed by atoms with Crippen molar-refractivity contribution in [1.29, 1.82) is 0 Å². The number of nitrogens with zero attached hydrogens (tertiary/aromatic N) is 2. The highest BCUT2D eigenvalue weighted by atomic mass is 32.1. The molecule has 0 saturated heterocycles. The Balaban J connectivity index is 1.43. The molecule has 1 amide bonds. The number of thiazole rings is 1. The molecule has 0 saturated carbocycles. The SMILES string of the molecule is CCC(C)c1ccc(-c2csc(NC(=O)c3cc(-c4ccc(OC)cc4)nc4ccccc34)n2)cc1. The average Bonchev–Trinajstić information content (AvgIpc) is 3.40. The highest BCUT2D eigenvalue weighted by Gasteiger charge is 2.16. The molecule has 1 N–H and O–H groups in total. The number of aromatic nitrogens is 2. The third-order valence-corrected chi connectivity index (χ3v) is 7.22. The fourth-order valence-electron chi connectivity index (χ4n) is 4.12. The number of carbonyl (C=O) groups is 1. The molecule has 0 bridgehead atoms. The van der Waals surface area contributed by atoms with E-state index in [9.17, 15) is 4.79 Å². The van der Waals surface area contributed by atoms with E-state index in [1.807, 2.05) is 60.0 Å². The molecule has 5 rings (SSSR count). The third-order valence-electron chi connectivity index (χ3n) is 6.46. The number of nitrogens with one attached hydrogen (secondary N) is 1. The summed E-state index contributed by atoms with van der Waals surface area (Å²) in [6.07, 6.45) is 1.11. The van der Waals surface area contributed by atoms with Crippen molar-refractivity contribution in [3.63, 3.8) is 0 Å². The van der Waals surface area contributed by atoms with E-state index in [0.29, 0.717) is 16.6 Å². The Kier molecular flexibility index (Phi) is 6.78. The molecule has 3 aromatic carbocycles. The first kappa shape index (κ1) is 23.7. The highest BCUT2D eigenvalue weighted by Crippen LogP contribution is 2.30. The Hall–Kier alpha value is -4.03. The lowest BCUT2D eigenvalue weighted by molar-refractivity contribution is 0.102. The first-order valence-corrected chi connectivity index (χ1v) is 12.8. The van der Waals surface area contributed by atoms with Crippen molar-refractivity contribution >= 4 is 33.3 Å². The van der Waals surface area contributed by atoms with Gasteiger partial charge in [-0.25, -0.2) is 9.97 Å². The van der Waals surface area contributed by atoms with E-state index in [0.717, 1.165) is 45.6 Å². The third kappa shape index (κ3) is 4.86. The van der Waals surface area contributed by atoms with Crippen LogP contribution < -0.4 is 10.1 Å². The number of methoxy groups -OCH3 is 1. The lowest BCUT2D eigenvalue weighted by Gasteiger charge is -2.10. The van der Waals surface area contributed by atoms with Gasteiger partial charge in [0, 0.05) is 21.9 Å². The first-order valence-electron chi connectivity index (χ1n) is 12.0. The van der Waals surface area contributed by atoms with Crippen molar-refractivity contribution < 1.29 is 9.53 Å². The largest absolute Gasteiger partial charge is 0.497 e. The molecule has 2 heterocycles. The smallest absolute Gasteiger partial charge is 0.258 e. The maximum Gasteiger partial charge on any atom is 0.258 e. The zero-order valence-corrected chi connectivity index (χ0v) is 21.3. The van der Waals surface area contributed by atoms with Crippen LogP contribution in [0.1, 0.15) is 42.1 Å². The summed E-state index contributed by atoms with van der Waals surface area (Å²) < 4.78 is 5.27. The topological polar surface area (TPSA) is 64.1 Å². The van der Waals surface area contributed by atoms with Crippen molar-refractivity contribution in [2.24, 2.45) is 0 Å². The Morgan fingerprint density at radius 3 is 2.36 bits per heavy atom. The lowest BCUT2D eigenvalue weighted by Crippen LogP contribution is -2.13. The second kappa shape index (κ2) is 10.3. The molecule has 1 unspecified atom stereocenters. The van der Waals surface area contributed by atoms with Gasteiger partial charge < -0.3 is 4.74 Å². The molecule has 0 radical (unpaired) electrons. The summed E-state index contributed by atoms with van der Waals surface area (Å²) in [7, 11) is 1.64. The van der Waals surface area contributed by atoms with Crippen LogP contribution in [0.5, 0.6) is 5.75 Å². The van der Waals surface area contributed by atoms with E-state index in [-0.39, 0.29) is 5.91 Å². The summed E-state index contributed by atoms with van der Waals surface area (Å²) in [6.45, 7) is 4.42. The van der Waals surface area contributed by atoms with E-state index in [4.69, 9.17) is 9.72 Å². The van der Waals surface area contributed by atoms with E-state index in [1.54, 1.807) is 7.11 Å². The number of hydrogen-bond donors (Lipinski definition) is 1. The fraction of sp³-hybridized carbons (Fsp3) is 0.167. The molecule has 0 aliphatic rings. The van der Waals surface area contributed by atoms with Gasteiger partial charge in [-0.05, 0) is 54.3 Å². The number of rotatable bonds is 7. The predicted octanol–water partition coefficient (Wildman–Crippen LogP) is 7.80. The van der Waals surface area contributed by atoms with Crippen molar-refractivity contribution in [2.75, 3.05) is 12.4 Å². The number of benzene rings is 3. The van der Waals surface area contributed by atoms with Gasteiger partial charge in [-0.15, -0.1) is 11.3 Å². The molecule has 5 aromatic rings. The van der Waals surface area contributed by atoms with Gasteiger partial charge in [0.25, 0.3) is 5.91 Å². The van der Waals surface area contributed by atoms with Crippen LogP contribution in [0.2, 0.25) is 0 Å². The Morgan fingerprint density at radius 1 is 0.944 bits per heavy atom. The van der Waals surface area contributed by atoms with E-state index < -0.39 is 0 Å². The number of para-hydroxylation sites is 1. The van der Waals surface area contributed by atoms with Crippen LogP contribution in [-0.2, 0) is 0 Å². The Bertz CT molecular complexity index is 1510. The van der Waals surface area contributed by atoms with E-state index in [2.05, 4.69) is 48.4 Å². The number of amides is 1. The van der Waals surface area contributed by atoms with Crippen molar-refractivity contribution in [1.82, 2.24) is 9.97 Å². The molecule has 180 valence electrons. The van der Waals surface area contributed by atoms with Crippen LogP contribution in [-0.4, -0.2) is 23.0 Å². The van der Waals surface area contributed by atoms with E-state index in [1.165, 1.54) is 16.9 Å². The quantitative estimate of drug-likeness (QED) is 0.251. The van der Waals surface area contributed by atoms with Crippen molar-refractivity contribution in [3.8, 4) is 28.3 Å². The molecule has 5 nitrogen and oxygen atoms in total. The van der Waals surface area contributed by atoms with Gasteiger partial charge in [-0.3, -0.25) is 10.1 Å². The van der Waals surface area contributed by atoms with Crippen LogP contribution in [0, 0.1) is 0 Å². The van der Waals surface area contributed by atoms with Crippen LogP contribution in [0.25, 0.3) is 33.4 Å². The molecular formula is C30H27N3O2S. The predicted molar refractivity (Wildman–Crippen MR) is 148 cm³/mol. The summed E-state index contributed by atoms with van der Waals surface area (Å²) in [4.78, 5) is 22.9. The summed E-state index contributed by atoms with van der Waals surface area (Å²) >= 11 is 1.42. The zero-order valence-electron chi connectivity index (χ0n) is 20.5. The van der Waals surface area contributed by atoms with Crippen molar-refractivity contribution in [2.45, 2.75) is 26.2 Å². The lowest BCUT2D eigenvalue weighted by atomic mass is 9.97. The average molecular weight is 494 g/mol. The maximum atomic E-state index is 13.4. The minimum absolute atomic E-state index is 0.212. The van der Waals surface area contributed by atoms with Crippen LogP contribution in [0.3, 0.4) is 0 Å². The highest BCUT2D eigenvalue weighted by molar-refractivity contribution is 7.14. The molecule has 1 atom stereocenters. The molecule has 0 aliphatic heterocycles. The Morgan fingerprint density at radius 2 is 1.64 bits per heavy atom. The van der Waals surface area contributed by atoms with Crippen LogP contribution in [0.15, 0.2) is 84.2 Å². The van der Waals surface area contributed by atoms with Gasteiger partial charge in [-0.1, -0.05) is 56.3 Å². The normalized spacial score (nSPS) is 11.9. The minimum atomic E-state index is -0.212. The van der Waals surface area contributed by atoms with Gasteiger partial charge in [0.15, 0.2) is 5.13 Å². The van der Waals surface area contributed by atoms with Gasteiger partial charge in [0.2, 0.25) is 0 Å². The molecule has 6 heteroatoms. The summed E-state index contributed by atoms with van der Waals surface area (Å²) in [5.74, 6) is 1.09. The molecule has 0 aliphatic carbocycles. The zero-order chi connectivity index (χ0) is 25.1. The Labute approximate surface area is 214 Å². The number of hydrogen-bond acceptors (Lipinski definition) is 5. The van der Waals surface area contributed by atoms with Gasteiger partial charge in [0.1, 0.15) is 5.75 Å². The standard InChI is InChI=1S/C30H27N3O2S/c1-4-19(2)20-9-11-22(12-10-20)28-18-36-30(32-28)33-29(34)25-17-27(21-13-15-23(35-3)16-14-21)31-26-8-6-5-7-24(25)26/h5-19H,4H2,1-3H3,(H,32,33,34). The monoisotopic (exact) mass is 493 g/mol. The number of fused-ring (bicyclic) bond motifs is 1. The van der Waals surface area contributed by atoms with Gasteiger partial charge in [-0.2, -0.15) is 0 Å². The van der Waals surface area contributed by atoms with Crippen LogP contribution >= 0.6 is 11.3 Å². The summed E-state index contributed by atoms with van der Waals surface area (Å²) in [5, 5.41) is 6.33. The number of carbonyl (C=O) groups excluding carboxylic acids is 1. The molecule has 0 spiro atoms. The number of pyridine rings is 1. The minimum Gasteiger partial charge on any atom is -0.497 e. The van der Waals surface area contributed by atoms with Crippen LogP contribution in [0.4, 0.5) is 5.13 Å².